The van der Waals surface area contributed by atoms with Crippen molar-refractivity contribution >= 4 is 34.7 Å². The third-order valence-electron chi connectivity index (χ3n) is 6.66. The Labute approximate surface area is 212 Å². The minimum absolute atomic E-state index is 0.0944. The third kappa shape index (κ3) is 4.61. The first-order chi connectivity index (χ1) is 16.9. The zero-order valence-corrected chi connectivity index (χ0v) is 21.3. The van der Waals surface area contributed by atoms with Gasteiger partial charge < -0.3 is 14.8 Å². The van der Waals surface area contributed by atoms with Gasteiger partial charge in [0, 0.05) is 53.0 Å². The SMILES string of the molecule is COC(=O)C1=C(CN2C3COCC2N(C(C)C)C3)NC(c2nccs2)=N[C@H]1c1ccc(F)cc1Cl. The molecular formula is C24H27ClFN5O3S. The van der Waals surface area contributed by atoms with Crippen LogP contribution in [0.5, 0.6) is 0 Å². The summed E-state index contributed by atoms with van der Waals surface area (Å²) in [6, 6.07) is 3.90. The number of amidine groups is 1. The molecule has 0 aliphatic carbocycles. The molecule has 3 aliphatic heterocycles. The molecule has 5 rings (SSSR count). The van der Waals surface area contributed by atoms with E-state index in [9.17, 15) is 9.18 Å². The number of thiazole rings is 1. The van der Waals surface area contributed by atoms with Crippen LogP contribution in [0, 0.1) is 5.82 Å². The zero-order chi connectivity index (χ0) is 24.7. The van der Waals surface area contributed by atoms with Crippen molar-refractivity contribution < 1.29 is 18.7 Å². The highest BCUT2D eigenvalue weighted by atomic mass is 35.5. The van der Waals surface area contributed by atoms with E-state index in [0.717, 1.165) is 6.54 Å². The fraction of sp³-hybridized carbons (Fsp3) is 0.458. The molecule has 0 spiro atoms. The molecule has 35 heavy (non-hydrogen) atoms. The van der Waals surface area contributed by atoms with Gasteiger partial charge in [-0.2, -0.15) is 0 Å². The molecule has 2 saturated heterocycles. The lowest BCUT2D eigenvalue weighted by Crippen LogP contribution is -2.52. The summed E-state index contributed by atoms with van der Waals surface area (Å²) >= 11 is 7.88. The fourth-order valence-electron chi connectivity index (χ4n) is 4.99. The Kier molecular flexibility index (Phi) is 6.91. The van der Waals surface area contributed by atoms with E-state index in [4.69, 9.17) is 26.1 Å². The molecule has 1 N–H and O–H groups in total. The number of hydrogen-bond acceptors (Lipinski definition) is 9. The number of carbonyl (C=O) groups is 1. The number of esters is 1. The Hall–Kier alpha value is -2.37. The Morgan fingerprint density at radius 3 is 2.91 bits per heavy atom. The standard InChI is InChI=1S/C24H27ClFN5O3S/c1-13(2)30-9-15-11-34-12-19(30)31(15)10-18-20(24(32)33-3)21(16-5-4-14(26)8-17(16)25)29-22(28-18)23-27-6-7-35-23/h4-8,13,15,19,21H,9-12H2,1-3H3,(H,28,29)/t15?,19?,21-/m0/s1. The second-order valence-electron chi connectivity index (χ2n) is 9.03. The molecule has 2 bridgehead atoms. The zero-order valence-electron chi connectivity index (χ0n) is 19.7. The minimum Gasteiger partial charge on any atom is -0.466 e. The second kappa shape index (κ2) is 9.94. The largest absolute Gasteiger partial charge is 0.466 e. The van der Waals surface area contributed by atoms with E-state index in [2.05, 4.69) is 33.9 Å². The highest BCUT2D eigenvalue weighted by Crippen LogP contribution is 2.38. The second-order valence-corrected chi connectivity index (χ2v) is 10.3. The van der Waals surface area contributed by atoms with Crippen LogP contribution in [0.25, 0.3) is 0 Å². The molecule has 4 heterocycles. The summed E-state index contributed by atoms with van der Waals surface area (Å²) < 4.78 is 24.9. The van der Waals surface area contributed by atoms with Crippen LogP contribution in [-0.2, 0) is 14.3 Å². The predicted octanol–water partition coefficient (Wildman–Crippen LogP) is 3.20. The van der Waals surface area contributed by atoms with Gasteiger partial charge >= 0.3 is 5.97 Å². The normalized spacial score (nSPS) is 25.1. The Morgan fingerprint density at radius 2 is 2.23 bits per heavy atom. The maximum atomic E-state index is 13.8. The van der Waals surface area contributed by atoms with E-state index in [-0.39, 0.29) is 17.2 Å². The average molecular weight is 520 g/mol. The molecule has 0 radical (unpaired) electrons. The molecule has 1 aromatic heterocycles. The predicted molar refractivity (Wildman–Crippen MR) is 132 cm³/mol. The number of methoxy groups -OCH3 is 1. The first-order valence-electron chi connectivity index (χ1n) is 11.5. The summed E-state index contributed by atoms with van der Waals surface area (Å²) in [6.07, 6.45) is 1.79. The van der Waals surface area contributed by atoms with Crippen molar-refractivity contribution in [3.63, 3.8) is 0 Å². The van der Waals surface area contributed by atoms with Gasteiger partial charge in [-0.3, -0.25) is 14.8 Å². The van der Waals surface area contributed by atoms with Crippen molar-refractivity contribution in [3.05, 3.63) is 62.5 Å². The van der Waals surface area contributed by atoms with Crippen LogP contribution >= 0.6 is 22.9 Å². The summed E-state index contributed by atoms with van der Waals surface area (Å²) in [7, 11) is 1.34. The van der Waals surface area contributed by atoms with E-state index >= 15 is 0 Å². The maximum absolute atomic E-state index is 13.8. The Morgan fingerprint density at radius 1 is 1.40 bits per heavy atom. The number of morpholine rings is 1. The van der Waals surface area contributed by atoms with Gasteiger partial charge in [0.05, 0.1) is 32.1 Å². The van der Waals surface area contributed by atoms with Crippen LogP contribution in [0.1, 0.15) is 30.5 Å². The number of hydrogen-bond donors (Lipinski definition) is 1. The lowest BCUT2D eigenvalue weighted by Gasteiger charge is -2.38. The van der Waals surface area contributed by atoms with Crippen LogP contribution in [0.15, 0.2) is 46.0 Å². The Bertz CT molecular complexity index is 1170. The quantitative estimate of drug-likeness (QED) is 0.587. The summed E-state index contributed by atoms with van der Waals surface area (Å²) in [5.41, 5.74) is 1.54. The van der Waals surface area contributed by atoms with Crippen molar-refractivity contribution in [2.24, 2.45) is 4.99 Å². The first kappa shape index (κ1) is 24.3. The first-order valence-corrected chi connectivity index (χ1v) is 12.7. The molecular weight excluding hydrogens is 493 g/mol. The van der Waals surface area contributed by atoms with Gasteiger partial charge in [-0.1, -0.05) is 17.7 Å². The number of ether oxygens (including phenoxy) is 2. The molecule has 8 nitrogen and oxygen atoms in total. The number of nitrogens with one attached hydrogen (secondary N) is 1. The summed E-state index contributed by atoms with van der Waals surface area (Å²) in [5, 5.41) is 6.11. The van der Waals surface area contributed by atoms with Crippen LogP contribution in [-0.4, -0.2) is 78.3 Å². The van der Waals surface area contributed by atoms with E-state index in [1.54, 1.807) is 12.3 Å². The lowest BCUT2D eigenvalue weighted by atomic mass is 9.95. The molecule has 0 amide bonds. The van der Waals surface area contributed by atoms with Crippen molar-refractivity contribution in [1.82, 2.24) is 20.1 Å². The van der Waals surface area contributed by atoms with Gasteiger partial charge in [-0.05, 0) is 26.0 Å². The summed E-state index contributed by atoms with van der Waals surface area (Å²) in [6.45, 7) is 6.93. The maximum Gasteiger partial charge on any atom is 0.338 e. The van der Waals surface area contributed by atoms with Crippen molar-refractivity contribution in [2.45, 2.75) is 38.1 Å². The van der Waals surface area contributed by atoms with Gasteiger partial charge in [0.2, 0.25) is 0 Å². The third-order valence-corrected chi connectivity index (χ3v) is 7.77. The van der Waals surface area contributed by atoms with Gasteiger partial charge in [-0.15, -0.1) is 11.3 Å². The van der Waals surface area contributed by atoms with Crippen LogP contribution in [0.4, 0.5) is 4.39 Å². The van der Waals surface area contributed by atoms with Crippen molar-refractivity contribution in [1.29, 1.82) is 0 Å². The van der Waals surface area contributed by atoms with Crippen molar-refractivity contribution in [3.8, 4) is 0 Å². The topological polar surface area (TPSA) is 79.3 Å². The molecule has 2 aromatic rings. The number of carbonyl (C=O) groups excluding carboxylic acids is 1. The highest BCUT2D eigenvalue weighted by Gasteiger charge is 2.45. The highest BCUT2D eigenvalue weighted by molar-refractivity contribution is 7.11. The average Bonchev–Trinajstić information content (AvgIpc) is 3.42. The molecule has 1 aromatic carbocycles. The number of halogens is 2. The summed E-state index contributed by atoms with van der Waals surface area (Å²) in [4.78, 5) is 27.2. The van der Waals surface area contributed by atoms with Gasteiger partial charge in [0.15, 0.2) is 10.8 Å². The molecule has 0 saturated carbocycles. The molecule has 3 aliphatic rings. The van der Waals surface area contributed by atoms with Crippen LogP contribution in [0.3, 0.4) is 0 Å². The molecule has 186 valence electrons. The number of aromatic nitrogens is 1. The van der Waals surface area contributed by atoms with Gasteiger partial charge in [-0.25, -0.2) is 14.2 Å². The lowest BCUT2D eigenvalue weighted by molar-refractivity contribution is -0.136. The fourth-order valence-corrected chi connectivity index (χ4v) is 5.85. The molecule has 3 atom stereocenters. The van der Waals surface area contributed by atoms with Crippen molar-refractivity contribution in [2.75, 3.05) is 33.4 Å². The molecule has 11 heteroatoms. The Balaban J connectivity index is 1.60. The number of aliphatic imine (C=N–C) groups is 1. The number of nitrogens with zero attached hydrogens (tertiary/aromatic N) is 4. The number of fused-ring (bicyclic) bond motifs is 2. The number of rotatable bonds is 6. The smallest absolute Gasteiger partial charge is 0.338 e. The monoisotopic (exact) mass is 519 g/mol. The van der Waals surface area contributed by atoms with E-state index < -0.39 is 17.8 Å². The minimum atomic E-state index is -0.773. The van der Waals surface area contributed by atoms with Crippen LogP contribution in [0.2, 0.25) is 5.02 Å². The molecule has 2 unspecified atom stereocenters. The van der Waals surface area contributed by atoms with Crippen LogP contribution < -0.4 is 5.32 Å². The summed E-state index contributed by atoms with van der Waals surface area (Å²) in [5.74, 6) is -0.435. The molecule has 2 fully saturated rings. The van der Waals surface area contributed by atoms with Gasteiger partial charge in [0.1, 0.15) is 11.9 Å². The van der Waals surface area contributed by atoms with E-state index in [1.807, 2.05) is 5.38 Å². The van der Waals surface area contributed by atoms with Gasteiger partial charge in [0.25, 0.3) is 0 Å². The van der Waals surface area contributed by atoms with E-state index in [0.29, 0.717) is 53.5 Å². The number of benzene rings is 1. The van der Waals surface area contributed by atoms with E-state index in [1.165, 1.54) is 30.6 Å².